The van der Waals surface area contributed by atoms with E-state index in [9.17, 15) is 0 Å². The maximum Gasteiger partial charge on any atom is 0.221 e. The van der Waals surface area contributed by atoms with E-state index in [4.69, 9.17) is 8.85 Å². The summed E-state index contributed by atoms with van der Waals surface area (Å²) in [6.07, 6.45) is 0. The van der Waals surface area contributed by atoms with Gasteiger partial charge in [0.1, 0.15) is 0 Å². The van der Waals surface area contributed by atoms with Crippen LogP contribution in [0.3, 0.4) is 0 Å². The van der Waals surface area contributed by atoms with Crippen molar-refractivity contribution in [2.24, 2.45) is 0 Å². The average Bonchev–Trinajstić information content (AvgIpc) is 2.22. The highest BCUT2D eigenvalue weighted by molar-refractivity contribution is 6.97. The Labute approximate surface area is 139 Å². The zero-order valence-corrected chi connectivity index (χ0v) is 17.9. The Balaban J connectivity index is 3.12. The van der Waals surface area contributed by atoms with E-state index in [1.807, 2.05) is 0 Å². The molecule has 0 bridgehead atoms. The van der Waals surface area contributed by atoms with Crippen LogP contribution in [0.1, 0.15) is 41.5 Å². The second-order valence-corrected chi connectivity index (χ2v) is 17.3. The third-order valence-electron chi connectivity index (χ3n) is 3.26. The van der Waals surface area contributed by atoms with Crippen molar-refractivity contribution in [3.63, 3.8) is 0 Å². The molecule has 0 amide bonds. The second kappa shape index (κ2) is 6.59. The van der Waals surface area contributed by atoms with Gasteiger partial charge in [0.2, 0.25) is 8.32 Å². The molecule has 1 atom stereocenters. The standard InChI is InChI=1S/C18H34O2Si2/c1-17(2,3)19-21(7,8)15-22(9,20-18(4,5)6)16-13-11-10-12-14-16/h10-14H,15H2,1-9H3. The quantitative estimate of drug-likeness (QED) is 0.715. The molecule has 0 saturated heterocycles. The zero-order chi connectivity index (χ0) is 17.2. The highest BCUT2D eigenvalue weighted by Crippen LogP contribution is 2.29. The minimum atomic E-state index is -2.06. The predicted molar refractivity (Wildman–Crippen MR) is 102 cm³/mol. The Kier molecular flexibility index (Phi) is 5.88. The third kappa shape index (κ3) is 6.77. The number of hydrogen-bond donors (Lipinski definition) is 0. The van der Waals surface area contributed by atoms with Crippen molar-refractivity contribution in [2.75, 3.05) is 0 Å². The van der Waals surface area contributed by atoms with Gasteiger partial charge in [0.05, 0.1) is 0 Å². The van der Waals surface area contributed by atoms with Crippen molar-refractivity contribution >= 4 is 21.8 Å². The van der Waals surface area contributed by atoms with Gasteiger partial charge in [-0.2, -0.15) is 0 Å². The molecule has 1 rings (SSSR count). The molecule has 1 unspecified atom stereocenters. The Bertz CT molecular complexity index is 472. The summed E-state index contributed by atoms with van der Waals surface area (Å²) in [5.41, 5.74) is 0.838. The van der Waals surface area contributed by atoms with Gasteiger partial charge < -0.3 is 8.85 Å². The minimum Gasteiger partial charge on any atom is -0.413 e. The fraction of sp³-hybridized carbons (Fsp3) is 0.667. The van der Waals surface area contributed by atoms with E-state index in [1.54, 1.807) is 0 Å². The van der Waals surface area contributed by atoms with Crippen molar-refractivity contribution in [3.8, 4) is 0 Å². The van der Waals surface area contributed by atoms with Crippen LogP contribution >= 0.6 is 0 Å². The Morgan fingerprint density at radius 2 is 1.23 bits per heavy atom. The lowest BCUT2D eigenvalue weighted by Crippen LogP contribution is -2.58. The van der Waals surface area contributed by atoms with E-state index in [-0.39, 0.29) is 11.2 Å². The zero-order valence-electron chi connectivity index (χ0n) is 15.9. The summed E-state index contributed by atoms with van der Waals surface area (Å²) in [7, 11) is -3.88. The first-order valence-electron chi connectivity index (χ1n) is 8.18. The molecule has 126 valence electrons. The summed E-state index contributed by atoms with van der Waals surface area (Å²) in [6, 6.07) is 10.8. The molecule has 0 aliphatic carbocycles. The summed E-state index contributed by atoms with van der Waals surface area (Å²) < 4.78 is 13.1. The van der Waals surface area contributed by atoms with Crippen molar-refractivity contribution in [2.45, 2.75) is 78.1 Å². The monoisotopic (exact) mass is 338 g/mol. The normalized spacial score (nSPS) is 16.4. The van der Waals surface area contributed by atoms with Crippen LogP contribution in [0.2, 0.25) is 25.3 Å². The fourth-order valence-corrected chi connectivity index (χ4v) is 15.3. The van der Waals surface area contributed by atoms with Crippen molar-refractivity contribution < 1.29 is 8.85 Å². The van der Waals surface area contributed by atoms with Gasteiger partial charge in [-0.25, -0.2) is 0 Å². The first kappa shape index (κ1) is 19.6. The largest absolute Gasteiger partial charge is 0.413 e. The van der Waals surface area contributed by atoms with Crippen LogP contribution in [0.4, 0.5) is 0 Å². The van der Waals surface area contributed by atoms with Crippen LogP contribution in [0.25, 0.3) is 0 Å². The minimum absolute atomic E-state index is 0.0938. The highest BCUT2D eigenvalue weighted by atomic mass is 28.4. The summed E-state index contributed by atoms with van der Waals surface area (Å²) in [6.45, 7) is 19.9. The lowest BCUT2D eigenvalue weighted by molar-refractivity contribution is 0.113. The average molecular weight is 339 g/mol. The van der Waals surface area contributed by atoms with Crippen LogP contribution in [0.5, 0.6) is 0 Å². The topological polar surface area (TPSA) is 18.5 Å². The first-order valence-corrected chi connectivity index (χ1v) is 13.9. The van der Waals surface area contributed by atoms with Crippen molar-refractivity contribution in [1.82, 2.24) is 0 Å². The van der Waals surface area contributed by atoms with E-state index < -0.39 is 16.6 Å². The molecule has 2 nitrogen and oxygen atoms in total. The third-order valence-corrected chi connectivity index (χ3v) is 13.1. The van der Waals surface area contributed by atoms with E-state index in [2.05, 4.69) is 91.5 Å². The van der Waals surface area contributed by atoms with Gasteiger partial charge in [-0.05, 0) is 72.0 Å². The molecular weight excluding hydrogens is 304 g/mol. The second-order valence-electron chi connectivity index (χ2n) is 8.96. The smallest absolute Gasteiger partial charge is 0.221 e. The lowest BCUT2D eigenvalue weighted by atomic mass is 10.2. The molecule has 1 aromatic carbocycles. The van der Waals surface area contributed by atoms with Crippen LogP contribution in [-0.4, -0.2) is 27.8 Å². The summed E-state index contributed by atoms with van der Waals surface area (Å²) in [5, 5.41) is 1.36. The van der Waals surface area contributed by atoms with E-state index in [0.717, 1.165) is 5.67 Å². The molecular formula is C18H34O2Si2. The first-order chi connectivity index (χ1) is 9.73. The maximum atomic E-state index is 6.66. The molecule has 22 heavy (non-hydrogen) atoms. The highest BCUT2D eigenvalue weighted by Gasteiger charge is 2.43. The molecule has 1 aromatic rings. The molecule has 0 N–H and O–H groups in total. The SMILES string of the molecule is CC(C)(C)O[Si](C)(C)C[Si](C)(OC(C)(C)C)c1ccccc1. The van der Waals surface area contributed by atoms with Gasteiger partial charge in [-0.3, -0.25) is 0 Å². The van der Waals surface area contributed by atoms with Gasteiger partial charge in [0, 0.05) is 11.2 Å². The lowest BCUT2D eigenvalue weighted by Gasteiger charge is -2.41. The Morgan fingerprint density at radius 3 is 1.64 bits per heavy atom. The van der Waals surface area contributed by atoms with Crippen molar-refractivity contribution in [1.29, 1.82) is 0 Å². The summed E-state index contributed by atoms with van der Waals surface area (Å²) in [4.78, 5) is 0. The van der Waals surface area contributed by atoms with Crippen LogP contribution < -0.4 is 5.19 Å². The molecule has 4 heteroatoms. The van der Waals surface area contributed by atoms with Gasteiger partial charge in [-0.15, -0.1) is 0 Å². The maximum absolute atomic E-state index is 6.66. The molecule has 0 saturated carbocycles. The Hall–Kier alpha value is -0.426. The predicted octanol–water partition coefficient (Wildman–Crippen LogP) is 4.84. The van der Waals surface area contributed by atoms with E-state index in [0.29, 0.717) is 0 Å². The van der Waals surface area contributed by atoms with Crippen LogP contribution in [0.15, 0.2) is 30.3 Å². The molecule has 0 heterocycles. The van der Waals surface area contributed by atoms with Crippen LogP contribution in [0, 0.1) is 0 Å². The summed E-state index contributed by atoms with van der Waals surface area (Å²) in [5.74, 6) is 0. The van der Waals surface area contributed by atoms with Gasteiger partial charge >= 0.3 is 0 Å². The Morgan fingerprint density at radius 1 is 0.773 bits per heavy atom. The molecule has 0 radical (unpaired) electrons. The molecule has 0 aliphatic heterocycles. The number of hydrogen-bond acceptors (Lipinski definition) is 2. The van der Waals surface area contributed by atoms with E-state index in [1.165, 1.54) is 5.19 Å². The summed E-state index contributed by atoms with van der Waals surface area (Å²) >= 11 is 0. The number of benzene rings is 1. The van der Waals surface area contributed by atoms with Crippen LogP contribution in [-0.2, 0) is 8.85 Å². The number of rotatable bonds is 5. The fourth-order valence-electron chi connectivity index (χ4n) is 3.34. The van der Waals surface area contributed by atoms with Gasteiger partial charge in [0.15, 0.2) is 8.32 Å². The van der Waals surface area contributed by atoms with Crippen molar-refractivity contribution in [3.05, 3.63) is 30.3 Å². The molecule has 0 spiro atoms. The van der Waals surface area contributed by atoms with Gasteiger partial charge in [0.25, 0.3) is 0 Å². The van der Waals surface area contributed by atoms with Gasteiger partial charge in [-0.1, -0.05) is 30.3 Å². The molecule has 0 fully saturated rings. The molecule has 0 aromatic heterocycles. The van der Waals surface area contributed by atoms with E-state index >= 15 is 0 Å². The molecule has 0 aliphatic rings.